The summed E-state index contributed by atoms with van der Waals surface area (Å²) >= 11 is 0. The lowest BCUT2D eigenvalue weighted by Gasteiger charge is -2.34. The van der Waals surface area contributed by atoms with Gasteiger partial charge in [0.2, 0.25) is 11.9 Å². The number of fused-ring (bicyclic) bond motifs is 2. The Morgan fingerprint density at radius 3 is 2.36 bits per heavy atom. The van der Waals surface area contributed by atoms with Crippen LogP contribution < -0.4 is 10.2 Å². The van der Waals surface area contributed by atoms with Gasteiger partial charge in [-0.15, -0.1) is 0 Å². The van der Waals surface area contributed by atoms with Crippen LogP contribution in [0.2, 0.25) is 0 Å². The van der Waals surface area contributed by atoms with E-state index < -0.39 is 0 Å². The zero-order chi connectivity index (χ0) is 23.1. The fourth-order valence-electron chi connectivity index (χ4n) is 5.14. The summed E-state index contributed by atoms with van der Waals surface area (Å²) in [5.74, 6) is 1.92. The highest BCUT2D eigenvalue weighted by Gasteiger charge is 2.35. The smallest absolute Gasteiger partial charge is 0.273 e. The van der Waals surface area contributed by atoms with E-state index in [1.807, 2.05) is 23.6 Å². The highest BCUT2D eigenvalue weighted by Crippen LogP contribution is 2.32. The van der Waals surface area contributed by atoms with Crippen molar-refractivity contribution in [2.24, 2.45) is 5.92 Å². The maximum Gasteiger partial charge on any atom is 0.273 e. The lowest BCUT2D eigenvalue weighted by Crippen LogP contribution is -2.48. The van der Waals surface area contributed by atoms with Gasteiger partial charge in [-0.3, -0.25) is 9.59 Å². The monoisotopic (exact) mass is 448 g/mol. The molecular weight excluding hydrogens is 416 g/mol. The average Bonchev–Trinajstić information content (AvgIpc) is 3.38. The van der Waals surface area contributed by atoms with Crippen molar-refractivity contribution in [3.63, 3.8) is 0 Å². The molecule has 1 aromatic carbocycles. The first-order valence-corrected chi connectivity index (χ1v) is 11.9. The van der Waals surface area contributed by atoms with Gasteiger partial charge in [0.25, 0.3) is 5.91 Å². The third-order valence-electron chi connectivity index (χ3n) is 7.11. The van der Waals surface area contributed by atoms with E-state index in [2.05, 4.69) is 34.5 Å². The van der Waals surface area contributed by atoms with E-state index >= 15 is 0 Å². The van der Waals surface area contributed by atoms with Crippen LogP contribution in [0, 0.1) is 5.92 Å². The van der Waals surface area contributed by atoms with E-state index in [-0.39, 0.29) is 17.9 Å². The third-order valence-corrected chi connectivity index (χ3v) is 7.11. The minimum Gasteiger partial charge on any atom is -0.369 e. The van der Waals surface area contributed by atoms with Gasteiger partial charge in [-0.1, -0.05) is 24.3 Å². The van der Waals surface area contributed by atoms with E-state index in [9.17, 15) is 9.59 Å². The minimum absolute atomic E-state index is 0.0256. The van der Waals surface area contributed by atoms with E-state index in [1.54, 1.807) is 6.92 Å². The Balaban J connectivity index is 1.38. The predicted octanol–water partition coefficient (Wildman–Crippen LogP) is 2.34. The Kier molecular flexibility index (Phi) is 5.68. The lowest BCUT2D eigenvalue weighted by atomic mass is 10.1. The van der Waals surface area contributed by atoms with Crippen LogP contribution in [-0.2, 0) is 24.2 Å². The summed E-state index contributed by atoms with van der Waals surface area (Å²) in [7, 11) is 0. The van der Waals surface area contributed by atoms with Crippen LogP contribution in [0.25, 0.3) is 0 Å². The molecule has 8 nitrogen and oxygen atoms in total. The van der Waals surface area contributed by atoms with Crippen LogP contribution in [0.3, 0.4) is 0 Å². The molecule has 5 rings (SSSR count). The zero-order valence-electron chi connectivity index (χ0n) is 19.7. The predicted molar refractivity (Wildman–Crippen MR) is 127 cm³/mol. The van der Waals surface area contributed by atoms with Gasteiger partial charge in [-0.2, -0.15) is 4.98 Å². The standard InChI is InChI=1S/C25H32N6O2/c1-16(2)31-15-21-22(24(31)33)27-25(30-10-8-29(9-11-30)17(3)32)28-23(21)26-14-18-12-19-6-4-5-7-20(19)13-18/h4-7,16,18H,8-15H2,1-3H3,(H,26,27,28). The van der Waals surface area contributed by atoms with E-state index in [0.29, 0.717) is 50.3 Å². The molecule has 0 unspecified atom stereocenters. The summed E-state index contributed by atoms with van der Waals surface area (Å²) in [5, 5.41) is 3.59. The second kappa shape index (κ2) is 8.65. The quantitative estimate of drug-likeness (QED) is 0.756. The molecule has 1 N–H and O–H groups in total. The molecule has 1 aromatic heterocycles. The van der Waals surface area contributed by atoms with Crippen molar-refractivity contribution in [3.8, 4) is 0 Å². The molecule has 0 spiro atoms. The molecule has 0 bridgehead atoms. The molecule has 2 amide bonds. The number of piperazine rings is 1. The molecule has 8 heteroatoms. The van der Waals surface area contributed by atoms with E-state index in [1.165, 1.54) is 11.1 Å². The molecule has 0 atom stereocenters. The van der Waals surface area contributed by atoms with Crippen molar-refractivity contribution < 1.29 is 9.59 Å². The first-order valence-electron chi connectivity index (χ1n) is 11.9. The van der Waals surface area contributed by atoms with Gasteiger partial charge in [0.05, 0.1) is 6.54 Å². The summed E-state index contributed by atoms with van der Waals surface area (Å²) in [6, 6.07) is 8.75. The number of anilines is 2. The summed E-state index contributed by atoms with van der Waals surface area (Å²) in [6.45, 7) is 9.63. The first-order chi connectivity index (χ1) is 15.9. The number of carbonyl (C=O) groups is 2. The molecule has 2 aromatic rings. The first kappa shape index (κ1) is 21.7. The number of amides is 2. The molecule has 3 aliphatic rings. The Labute approximate surface area is 195 Å². The Hall–Kier alpha value is -3.16. The average molecular weight is 449 g/mol. The van der Waals surface area contributed by atoms with Crippen LogP contribution >= 0.6 is 0 Å². The van der Waals surface area contributed by atoms with Gasteiger partial charge >= 0.3 is 0 Å². The van der Waals surface area contributed by atoms with Gasteiger partial charge in [0.15, 0.2) is 0 Å². The van der Waals surface area contributed by atoms with Gasteiger partial charge in [0, 0.05) is 51.3 Å². The Morgan fingerprint density at radius 2 is 1.76 bits per heavy atom. The lowest BCUT2D eigenvalue weighted by molar-refractivity contribution is -0.129. The van der Waals surface area contributed by atoms with Crippen molar-refractivity contribution in [1.29, 1.82) is 0 Å². The maximum absolute atomic E-state index is 13.1. The number of rotatable bonds is 5. The van der Waals surface area contributed by atoms with Crippen molar-refractivity contribution in [2.45, 2.75) is 46.2 Å². The molecule has 1 aliphatic carbocycles. The number of aromatic nitrogens is 2. The number of nitrogens with zero attached hydrogens (tertiary/aromatic N) is 5. The molecule has 0 saturated carbocycles. The van der Waals surface area contributed by atoms with Crippen LogP contribution in [0.15, 0.2) is 24.3 Å². The second-order valence-corrected chi connectivity index (χ2v) is 9.64. The highest BCUT2D eigenvalue weighted by atomic mass is 16.2. The van der Waals surface area contributed by atoms with Crippen molar-refractivity contribution in [3.05, 3.63) is 46.6 Å². The molecule has 0 radical (unpaired) electrons. The normalized spacial score (nSPS) is 18.2. The Bertz CT molecular complexity index is 1050. The number of nitrogens with one attached hydrogen (secondary N) is 1. The van der Waals surface area contributed by atoms with Crippen LogP contribution in [0.5, 0.6) is 0 Å². The summed E-state index contributed by atoms with van der Waals surface area (Å²) in [6.07, 6.45) is 2.13. The van der Waals surface area contributed by atoms with Crippen LogP contribution in [0.1, 0.15) is 48.0 Å². The maximum atomic E-state index is 13.1. The molecule has 1 saturated heterocycles. The van der Waals surface area contributed by atoms with Gasteiger partial charge in [-0.25, -0.2) is 4.98 Å². The van der Waals surface area contributed by atoms with Crippen LogP contribution in [-0.4, -0.2) is 70.3 Å². The van der Waals surface area contributed by atoms with E-state index in [0.717, 1.165) is 30.8 Å². The molecule has 174 valence electrons. The molecule has 33 heavy (non-hydrogen) atoms. The molecule has 1 fully saturated rings. The minimum atomic E-state index is -0.0256. The number of benzene rings is 1. The highest BCUT2D eigenvalue weighted by molar-refractivity contribution is 5.98. The molecular formula is C25H32N6O2. The summed E-state index contributed by atoms with van der Waals surface area (Å²) in [5.41, 5.74) is 4.28. The van der Waals surface area contributed by atoms with Gasteiger partial charge in [-0.05, 0) is 43.7 Å². The Morgan fingerprint density at radius 1 is 1.09 bits per heavy atom. The fourth-order valence-corrected chi connectivity index (χ4v) is 5.14. The van der Waals surface area contributed by atoms with Gasteiger partial charge < -0.3 is 20.0 Å². The third kappa shape index (κ3) is 4.14. The fraction of sp³-hybridized carbons (Fsp3) is 0.520. The van der Waals surface area contributed by atoms with Crippen LogP contribution in [0.4, 0.5) is 11.8 Å². The SMILES string of the molecule is CC(=O)N1CCN(c2nc(NCC3Cc4ccccc4C3)c3c(n2)C(=O)N(C(C)C)C3)CC1. The summed E-state index contributed by atoms with van der Waals surface area (Å²) in [4.78, 5) is 40.2. The number of carbonyl (C=O) groups excluding carboxylic acids is 2. The van der Waals surface area contributed by atoms with Gasteiger partial charge in [0.1, 0.15) is 11.5 Å². The molecule has 2 aliphatic heterocycles. The summed E-state index contributed by atoms with van der Waals surface area (Å²) < 4.78 is 0. The van der Waals surface area contributed by atoms with Crippen molar-refractivity contribution in [1.82, 2.24) is 19.8 Å². The topological polar surface area (TPSA) is 81.7 Å². The number of hydrogen-bond acceptors (Lipinski definition) is 6. The largest absolute Gasteiger partial charge is 0.369 e. The zero-order valence-corrected chi connectivity index (χ0v) is 19.7. The number of hydrogen-bond donors (Lipinski definition) is 1. The second-order valence-electron chi connectivity index (χ2n) is 9.64. The molecule has 3 heterocycles. The van der Waals surface area contributed by atoms with Crippen molar-refractivity contribution >= 4 is 23.6 Å². The van der Waals surface area contributed by atoms with Crippen molar-refractivity contribution in [2.75, 3.05) is 42.9 Å². The van der Waals surface area contributed by atoms with E-state index in [4.69, 9.17) is 9.97 Å².